The van der Waals surface area contributed by atoms with Crippen LogP contribution in [0.4, 0.5) is 4.79 Å². The SMILES string of the molecule is CN(Cc1csc(Br)c1)C(=O)NC1[C@H]2CNC[C@@H]12. The van der Waals surface area contributed by atoms with Crippen LogP contribution in [0.5, 0.6) is 0 Å². The summed E-state index contributed by atoms with van der Waals surface area (Å²) in [5.74, 6) is 1.33. The first-order chi connectivity index (χ1) is 8.65. The second kappa shape index (κ2) is 4.83. The third kappa shape index (κ3) is 2.41. The number of hydrogen-bond acceptors (Lipinski definition) is 3. The summed E-state index contributed by atoms with van der Waals surface area (Å²) >= 11 is 5.08. The average molecular weight is 330 g/mol. The Bertz CT molecular complexity index is 454. The molecular formula is C12H16BrN3OS. The van der Waals surface area contributed by atoms with Crippen molar-refractivity contribution in [3.63, 3.8) is 0 Å². The molecule has 0 bridgehead atoms. The number of urea groups is 1. The van der Waals surface area contributed by atoms with Gasteiger partial charge in [0.15, 0.2) is 0 Å². The third-order valence-corrected chi connectivity index (χ3v) is 5.32. The van der Waals surface area contributed by atoms with Crippen molar-refractivity contribution in [3.05, 3.63) is 20.8 Å². The van der Waals surface area contributed by atoms with E-state index in [2.05, 4.69) is 38.0 Å². The van der Waals surface area contributed by atoms with E-state index in [1.807, 2.05) is 7.05 Å². The lowest BCUT2D eigenvalue weighted by Crippen LogP contribution is -2.40. The van der Waals surface area contributed by atoms with Gasteiger partial charge >= 0.3 is 6.03 Å². The van der Waals surface area contributed by atoms with Gasteiger partial charge in [0.2, 0.25) is 0 Å². The van der Waals surface area contributed by atoms with Gasteiger partial charge in [-0.3, -0.25) is 0 Å². The molecule has 2 amide bonds. The molecule has 2 fully saturated rings. The minimum Gasteiger partial charge on any atom is -0.335 e. The molecule has 18 heavy (non-hydrogen) atoms. The minimum atomic E-state index is 0.0386. The Morgan fingerprint density at radius 1 is 1.61 bits per heavy atom. The van der Waals surface area contributed by atoms with Crippen LogP contribution in [0.15, 0.2) is 15.2 Å². The standard InChI is InChI=1S/C12H16BrN3OS/c1-16(5-7-2-10(13)18-6-7)12(17)15-11-8-3-14-4-9(8)11/h2,6,8-9,11,14H,3-5H2,1H3,(H,15,17)/t8-,9+,11?. The number of carbonyl (C=O) groups is 1. The van der Waals surface area contributed by atoms with Crippen LogP contribution >= 0.6 is 27.3 Å². The van der Waals surface area contributed by atoms with Crippen molar-refractivity contribution in [3.8, 4) is 0 Å². The smallest absolute Gasteiger partial charge is 0.317 e. The summed E-state index contributed by atoms with van der Waals surface area (Å²) in [7, 11) is 1.84. The second-order valence-electron chi connectivity index (χ2n) is 5.08. The molecule has 1 aromatic heterocycles. The van der Waals surface area contributed by atoms with E-state index >= 15 is 0 Å². The summed E-state index contributed by atoms with van der Waals surface area (Å²) in [4.78, 5) is 13.8. The topological polar surface area (TPSA) is 44.4 Å². The summed E-state index contributed by atoms with van der Waals surface area (Å²) < 4.78 is 1.11. The number of nitrogens with one attached hydrogen (secondary N) is 2. The first-order valence-corrected chi connectivity index (χ1v) is 7.77. The number of hydrogen-bond donors (Lipinski definition) is 2. The van der Waals surface area contributed by atoms with Gasteiger partial charge in [-0.2, -0.15) is 0 Å². The summed E-state index contributed by atoms with van der Waals surface area (Å²) in [5, 5.41) is 8.52. The number of amides is 2. The van der Waals surface area contributed by atoms with E-state index in [1.54, 1.807) is 16.2 Å². The van der Waals surface area contributed by atoms with Crippen LogP contribution in [-0.2, 0) is 6.54 Å². The van der Waals surface area contributed by atoms with E-state index in [-0.39, 0.29) is 6.03 Å². The van der Waals surface area contributed by atoms with Gasteiger partial charge in [-0.25, -0.2) is 4.79 Å². The summed E-state index contributed by atoms with van der Waals surface area (Å²) in [6.45, 7) is 2.77. The zero-order valence-electron chi connectivity index (χ0n) is 10.1. The first kappa shape index (κ1) is 12.4. The molecule has 2 N–H and O–H groups in total. The van der Waals surface area contributed by atoms with Crippen LogP contribution in [0.25, 0.3) is 0 Å². The summed E-state index contributed by atoms with van der Waals surface area (Å²) in [6, 6.07) is 2.50. The molecule has 1 saturated heterocycles. The molecule has 6 heteroatoms. The van der Waals surface area contributed by atoms with E-state index in [4.69, 9.17) is 0 Å². The normalized spacial score (nSPS) is 28.9. The van der Waals surface area contributed by atoms with E-state index in [0.29, 0.717) is 24.4 Å². The molecule has 0 spiro atoms. The van der Waals surface area contributed by atoms with E-state index in [9.17, 15) is 4.79 Å². The molecule has 2 heterocycles. The van der Waals surface area contributed by atoms with Crippen molar-refractivity contribution in [1.29, 1.82) is 0 Å². The quantitative estimate of drug-likeness (QED) is 0.889. The molecular weight excluding hydrogens is 314 g/mol. The lowest BCUT2D eigenvalue weighted by Gasteiger charge is -2.18. The van der Waals surface area contributed by atoms with Gasteiger partial charge in [0, 0.05) is 32.7 Å². The predicted molar refractivity (Wildman–Crippen MR) is 75.7 cm³/mol. The Morgan fingerprint density at radius 3 is 2.94 bits per heavy atom. The number of rotatable bonds is 3. The van der Waals surface area contributed by atoms with Crippen LogP contribution in [0, 0.1) is 11.8 Å². The monoisotopic (exact) mass is 329 g/mol. The Kier molecular flexibility index (Phi) is 3.34. The van der Waals surface area contributed by atoms with Gasteiger partial charge < -0.3 is 15.5 Å². The predicted octanol–water partition coefficient (Wildman–Crippen LogP) is 1.87. The lowest BCUT2D eigenvalue weighted by molar-refractivity contribution is 0.205. The molecule has 2 aliphatic rings. The van der Waals surface area contributed by atoms with Gasteiger partial charge in [0.1, 0.15) is 0 Å². The van der Waals surface area contributed by atoms with Crippen molar-refractivity contribution in [2.75, 3.05) is 20.1 Å². The summed E-state index contributed by atoms with van der Waals surface area (Å²) in [6.07, 6.45) is 0. The molecule has 1 aliphatic heterocycles. The van der Waals surface area contributed by atoms with E-state index < -0.39 is 0 Å². The molecule has 1 aliphatic carbocycles. The van der Waals surface area contributed by atoms with E-state index in [0.717, 1.165) is 16.9 Å². The number of thiophene rings is 1. The van der Waals surface area contributed by atoms with Crippen molar-refractivity contribution < 1.29 is 4.79 Å². The van der Waals surface area contributed by atoms with Crippen LogP contribution in [0.2, 0.25) is 0 Å². The van der Waals surface area contributed by atoms with Crippen LogP contribution < -0.4 is 10.6 Å². The Hall–Kier alpha value is -0.590. The fourth-order valence-corrected chi connectivity index (χ4v) is 3.86. The largest absolute Gasteiger partial charge is 0.335 e. The van der Waals surface area contributed by atoms with Crippen molar-refractivity contribution in [2.24, 2.45) is 11.8 Å². The van der Waals surface area contributed by atoms with Crippen molar-refractivity contribution in [1.82, 2.24) is 15.5 Å². The third-order valence-electron chi connectivity index (χ3n) is 3.77. The van der Waals surface area contributed by atoms with Gasteiger partial charge in [-0.1, -0.05) is 0 Å². The Morgan fingerprint density at radius 2 is 2.33 bits per heavy atom. The minimum absolute atomic E-state index is 0.0386. The maximum Gasteiger partial charge on any atom is 0.317 e. The number of fused-ring (bicyclic) bond motifs is 1. The molecule has 3 rings (SSSR count). The number of nitrogens with zero attached hydrogens (tertiary/aromatic N) is 1. The average Bonchev–Trinajstić information content (AvgIpc) is 2.75. The fraction of sp³-hybridized carbons (Fsp3) is 0.583. The highest BCUT2D eigenvalue weighted by Gasteiger charge is 2.53. The molecule has 1 saturated carbocycles. The van der Waals surface area contributed by atoms with Crippen LogP contribution in [0.3, 0.4) is 0 Å². The highest BCUT2D eigenvalue weighted by atomic mass is 79.9. The Labute approximate surface area is 119 Å². The lowest BCUT2D eigenvalue weighted by atomic mass is 10.3. The molecule has 1 unspecified atom stereocenters. The number of piperidine rings is 1. The zero-order valence-corrected chi connectivity index (χ0v) is 12.6. The highest BCUT2D eigenvalue weighted by molar-refractivity contribution is 9.11. The highest BCUT2D eigenvalue weighted by Crippen LogP contribution is 2.41. The van der Waals surface area contributed by atoms with Gasteiger partial charge in [0.05, 0.1) is 3.79 Å². The van der Waals surface area contributed by atoms with Crippen LogP contribution in [-0.4, -0.2) is 37.1 Å². The molecule has 0 aromatic carbocycles. The maximum atomic E-state index is 12.0. The first-order valence-electron chi connectivity index (χ1n) is 6.10. The number of halogens is 1. The second-order valence-corrected chi connectivity index (χ2v) is 7.37. The maximum absolute atomic E-state index is 12.0. The van der Waals surface area contributed by atoms with E-state index in [1.165, 1.54) is 5.56 Å². The zero-order chi connectivity index (χ0) is 12.7. The van der Waals surface area contributed by atoms with Gasteiger partial charge in [-0.05, 0) is 44.8 Å². The molecule has 1 aromatic rings. The summed E-state index contributed by atoms with van der Waals surface area (Å²) in [5.41, 5.74) is 1.17. The molecule has 4 nitrogen and oxygen atoms in total. The molecule has 98 valence electrons. The van der Waals surface area contributed by atoms with Crippen LogP contribution in [0.1, 0.15) is 5.56 Å². The molecule has 0 radical (unpaired) electrons. The van der Waals surface area contributed by atoms with Gasteiger partial charge in [0.25, 0.3) is 0 Å². The number of carbonyl (C=O) groups excluding carboxylic acids is 1. The fourth-order valence-electron chi connectivity index (χ4n) is 2.66. The molecule has 3 atom stereocenters. The van der Waals surface area contributed by atoms with Crippen molar-refractivity contribution in [2.45, 2.75) is 12.6 Å². The van der Waals surface area contributed by atoms with Crippen molar-refractivity contribution >= 4 is 33.3 Å². The Balaban J connectivity index is 1.50. The van der Waals surface area contributed by atoms with Gasteiger partial charge in [-0.15, -0.1) is 11.3 Å².